The van der Waals surface area contributed by atoms with Crippen LogP contribution in [0.15, 0.2) is 48.7 Å². The lowest BCUT2D eigenvalue weighted by Gasteiger charge is -2.31. The predicted octanol–water partition coefficient (Wildman–Crippen LogP) is 4.20. The largest absolute Gasteiger partial charge is 0.355 e. The minimum atomic E-state index is 0.479. The normalized spacial score (nSPS) is 15.8. The van der Waals surface area contributed by atoms with Gasteiger partial charge in [-0.05, 0) is 49.6 Å². The van der Waals surface area contributed by atoms with Crippen LogP contribution in [0.1, 0.15) is 30.1 Å². The number of hydrogen-bond acceptors (Lipinski definition) is 4. The number of nitrogens with one attached hydrogen (secondary N) is 1. The van der Waals surface area contributed by atoms with E-state index in [-0.39, 0.29) is 0 Å². The Morgan fingerprint density at radius 1 is 0.962 bits per heavy atom. The van der Waals surface area contributed by atoms with Gasteiger partial charge in [-0.3, -0.25) is 4.98 Å². The first kappa shape index (κ1) is 15.3. The molecule has 0 radical (unpaired) electrons. The molecular weight excluding hydrogens is 322 g/mol. The highest BCUT2D eigenvalue weighted by molar-refractivity contribution is 5.76. The van der Waals surface area contributed by atoms with Gasteiger partial charge < -0.3 is 9.88 Å². The highest BCUT2D eigenvalue weighted by Gasteiger charge is 2.24. The zero-order valence-electron chi connectivity index (χ0n) is 14.8. The Kier molecular flexibility index (Phi) is 3.59. The highest BCUT2D eigenvalue weighted by Crippen LogP contribution is 2.30. The van der Waals surface area contributed by atoms with Gasteiger partial charge in [0.25, 0.3) is 0 Å². The number of benzene rings is 2. The summed E-state index contributed by atoms with van der Waals surface area (Å²) >= 11 is 0. The number of para-hydroxylation sites is 2. The molecule has 4 aromatic rings. The molecule has 26 heavy (non-hydrogen) atoms. The Hall–Kier alpha value is -2.95. The Morgan fingerprint density at radius 3 is 2.62 bits per heavy atom. The maximum Gasteiger partial charge on any atom is 0.147 e. The second-order valence-corrected chi connectivity index (χ2v) is 7.12. The van der Waals surface area contributed by atoms with Gasteiger partial charge in [-0.25, -0.2) is 9.97 Å². The van der Waals surface area contributed by atoms with E-state index < -0.39 is 0 Å². The number of imidazole rings is 1. The Bertz CT molecular complexity index is 1080. The number of aromatic nitrogens is 4. The Morgan fingerprint density at radius 2 is 1.77 bits per heavy atom. The van der Waals surface area contributed by atoms with E-state index >= 15 is 0 Å². The van der Waals surface area contributed by atoms with Gasteiger partial charge in [-0.15, -0.1) is 0 Å². The molecule has 130 valence electrons. The van der Waals surface area contributed by atoms with E-state index in [0.29, 0.717) is 5.92 Å². The zero-order valence-corrected chi connectivity index (χ0v) is 14.8. The van der Waals surface area contributed by atoms with Crippen LogP contribution in [-0.2, 0) is 0 Å². The van der Waals surface area contributed by atoms with E-state index in [2.05, 4.69) is 40.0 Å². The third-order valence-electron chi connectivity index (χ3n) is 5.30. The maximum atomic E-state index is 4.81. The van der Waals surface area contributed by atoms with Crippen molar-refractivity contribution >= 4 is 27.9 Å². The van der Waals surface area contributed by atoms with Crippen molar-refractivity contribution in [3.05, 3.63) is 60.0 Å². The average molecular weight is 343 g/mol. The van der Waals surface area contributed by atoms with E-state index in [0.717, 1.165) is 59.6 Å². The van der Waals surface area contributed by atoms with Crippen molar-refractivity contribution in [1.29, 1.82) is 0 Å². The van der Waals surface area contributed by atoms with Crippen LogP contribution < -0.4 is 4.90 Å². The Balaban J connectivity index is 1.34. The lowest BCUT2D eigenvalue weighted by Crippen LogP contribution is -2.33. The summed E-state index contributed by atoms with van der Waals surface area (Å²) in [6.07, 6.45) is 4.05. The van der Waals surface area contributed by atoms with Gasteiger partial charge in [0, 0.05) is 19.0 Å². The summed E-state index contributed by atoms with van der Waals surface area (Å²) in [4.78, 5) is 20.0. The molecule has 0 saturated carbocycles. The fourth-order valence-corrected chi connectivity index (χ4v) is 3.82. The summed E-state index contributed by atoms with van der Waals surface area (Å²) < 4.78 is 0. The van der Waals surface area contributed by atoms with Crippen molar-refractivity contribution < 1.29 is 0 Å². The molecule has 1 aliphatic heterocycles. The third kappa shape index (κ3) is 2.69. The summed E-state index contributed by atoms with van der Waals surface area (Å²) in [5.74, 6) is 2.57. The molecule has 0 amide bonds. The standard InChI is InChI=1S/C21H21N5/c1-14-6-7-18-19(12-14)25-21(24-18)15-8-10-26(11-9-15)20-13-22-16-4-2-3-5-17(16)23-20/h2-7,12-13,15H,8-11H2,1H3,(H,24,25). The van der Waals surface area contributed by atoms with Crippen molar-refractivity contribution in [2.45, 2.75) is 25.7 Å². The maximum absolute atomic E-state index is 4.81. The second-order valence-electron chi connectivity index (χ2n) is 7.12. The minimum absolute atomic E-state index is 0.479. The number of piperidine rings is 1. The van der Waals surface area contributed by atoms with E-state index in [1.807, 2.05) is 30.5 Å². The monoisotopic (exact) mass is 343 g/mol. The van der Waals surface area contributed by atoms with Crippen LogP contribution in [0.5, 0.6) is 0 Å². The smallest absolute Gasteiger partial charge is 0.147 e. The molecule has 3 heterocycles. The number of nitrogens with zero attached hydrogens (tertiary/aromatic N) is 4. The molecule has 0 aliphatic carbocycles. The third-order valence-corrected chi connectivity index (χ3v) is 5.30. The van der Waals surface area contributed by atoms with Crippen LogP contribution in [0.2, 0.25) is 0 Å². The molecule has 5 rings (SSSR count). The van der Waals surface area contributed by atoms with E-state index in [1.54, 1.807) is 0 Å². The van der Waals surface area contributed by atoms with Crippen LogP contribution in [0.3, 0.4) is 0 Å². The number of H-pyrrole nitrogens is 1. The number of aryl methyl sites for hydroxylation is 1. The van der Waals surface area contributed by atoms with Crippen LogP contribution in [0.4, 0.5) is 5.82 Å². The molecular formula is C21H21N5. The first-order valence-corrected chi connectivity index (χ1v) is 9.19. The number of hydrogen-bond donors (Lipinski definition) is 1. The number of fused-ring (bicyclic) bond motifs is 2. The first-order chi connectivity index (χ1) is 12.8. The van der Waals surface area contributed by atoms with Crippen LogP contribution in [0, 0.1) is 6.92 Å². The number of anilines is 1. The van der Waals surface area contributed by atoms with Gasteiger partial charge in [-0.2, -0.15) is 0 Å². The van der Waals surface area contributed by atoms with Crippen molar-refractivity contribution in [3.8, 4) is 0 Å². The molecule has 1 fully saturated rings. The molecule has 0 unspecified atom stereocenters. The summed E-state index contributed by atoms with van der Waals surface area (Å²) in [5.41, 5.74) is 5.37. The lowest BCUT2D eigenvalue weighted by molar-refractivity contribution is 0.487. The predicted molar refractivity (Wildman–Crippen MR) is 105 cm³/mol. The molecule has 1 saturated heterocycles. The molecule has 2 aromatic carbocycles. The van der Waals surface area contributed by atoms with Crippen LogP contribution in [-0.4, -0.2) is 33.0 Å². The molecule has 5 heteroatoms. The molecule has 5 nitrogen and oxygen atoms in total. The van der Waals surface area contributed by atoms with Gasteiger partial charge in [0.15, 0.2) is 0 Å². The molecule has 0 atom stereocenters. The average Bonchev–Trinajstić information content (AvgIpc) is 3.11. The zero-order chi connectivity index (χ0) is 17.5. The van der Waals surface area contributed by atoms with E-state index in [1.165, 1.54) is 5.56 Å². The molecule has 1 N–H and O–H groups in total. The Labute approximate surface area is 152 Å². The van der Waals surface area contributed by atoms with Crippen molar-refractivity contribution in [3.63, 3.8) is 0 Å². The van der Waals surface area contributed by atoms with Crippen molar-refractivity contribution in [1.82, 2.24) is 19.9 Å². The molecule has 0 spiro atoms. The summed E-state index contributed by atoms with van der Waals surface area (Å²) in [5, 5.41) is 0. The number of rotatable bonds is 2. The van der Waals surface area contributed by atoms with Gasteiger partial charge >= 0.3 is 0 Å². The molecule has 1 aliphatic rings. The van der Waals surface area contributed by atoms with Crippen LogP contribution in [0.25, 0.3) is 22.1 Å². The van der Waals surface area contributed by atoms with Gasteiger partial charge in [-0.1, -0.05) is 18.2 Å². The summed E-state index contributed by atoms with van der Waals surface area (Å²) in [6.45, 7) is 4.07. The minimum Gasteiger partial charge on any atom is -0.355 e. The first-order valence-electron chi connectivity index (χ1n) is 9.19. The number of aromatic amines is 1. The topological polar surface area (TPSA) is 57.7 Å². The quantitative estimate of drug-likeness (QED) is 0.593. The summed E-state index contributed by atoms with van der Waals surface area (Å²) in [7, 11) is 0. The van der Waals surface area contributed by atoms with Crippen molar-refractivity contribution in [2.24, 2.45) is 0 Å². The van der Waals surface area contributed by atoms with Gasteiger partial charge in [0.2, 0.25) is 0 Å². The fourth-order valence-electron chi connectivity index (χ4n) is 3.82. The van der Waals surface area contributed by atoms with E-state index in [4.69, 9.17) is 9.97 Å². The molecule has 0 bridgehead atoms. The second kappa shape index (κ2) is 6.09. The summed E-state index contributed by atoms with van der Waals surface area (Å²) in [6, 6.07) is 14.4. The lowest BCUT2D eigenvalue weighted by atomic mass is 9.96. The van der Waals surface area contributed by atoms with E-state index in [9.17, 15) is 0 Å². The fraction of sp³-hybridized carbons (Fsp3) is 0.286. The molecule has 2 aromatic heterocycles. The van der Waals surface area contributed by atoms with Crippen molar-refractivity contribution in [2.75, 3.05) is 18.0 Å². The van der Waals surface area contributed by atoms with Gasteiger partial charge in [0.1, 0.15) is 11.6 Å². The SMILES string of the molecule is Cc1ccc2nc(C3CCN(c4cnc5ccccc5n4)CC3)[nH]c2c1. The van der Waals surface area contributed by atoms with Gasteiger partial charge in [0.05, 0.1) is 28.3 Å². The highest BCUT2D eigenvalue weighted by atomic mass is 15.2. The van der Waals surface area contributed by atoms with Crippen LogP contribution >= 0.6 is 0 Å².